The first-order valence-corrected chi connectivity index (χ1v) is 9.26. The fraction of sp³-hybridized carbons (Fsp3) is 0.316. The van der Waals surface area contributed by atoms with E-state index in [-0.39, 0.29) is 12.8 Å². The number of carboxylic acids is 1. The van der Waals surface area contributed by atoms with E-state index in [0.717, 1.165) is 17.5 Å². The van der Waals surface area contributed by atoms with Crippen LogP contribution >= 0.6 is 23.8 Å². The number of hydrogen-bond donors (Lipinski definition) is 2. The topological polar surface area (TPSA) is 89.7 Å². The summed E-state index contributed by atoms with van der Waals surface area (Å²) in [6.45, 7) is 4.30. The van der Waals surface area contributed by atoms with Gasteiger partial charge in [0, 0.05) is 29.5 Å². The second-order valence-corrected chi connectivity index (χ2v) is 6.84. The molecule has 0 saturated heterocycles. The van der Waals surface area contributed by atoms with E-state index in [1.54, 1.807) is 13.0 Å². The van der Waals surface area contributed by atoms with Crippen LogP contribution in [0.2, 0.25) is 5.02 Å². The van der Waals surface area contributed by atoms with Crippen LogP contribution in [0.1, 0.15) is 36.0 Å². The van der Waals surface area contributed by atoms with Crippen molar-refractivity contribution in [3.8, 4) is 0 Å². The summed E-state index contributed by atoms with van der Waals surface area (Å²) in [4.78, 5) is 10.6. The van der Waals surface area contributed by atoms with Gasteiger partial charge in [-0.1, -0.05) is 23.7 Å². The highest BCUT2D eigenvalue weighted by atomic mass is 35.5. The minimum absolute atomic E-state index is 0.0809. The van der Waals surface area contributed by atoms with E-state index in [1.165, 1.54) is 0 Å². The quantitative estimate of drug-likeness (QED) is 0.397. The highest BCUT2D eigenvalue weighted by molar-refractivity contribution is 7.80. The highest BCUT2D eigenvalue weighted by Gasteiger charge is 2.10. The van der Waals surface area contributed by atoms with Gasteiger partial charge < -0.3 is 19.6 Å². The molecule has 0 aliphatic heterocycles. The number of thiocarbonyl (C=S) groups is 1. The molecule has 0 saturated carbocycles. The summed E-state index contributed by atoms with van der Waals surface area (Å²) < 4.78 is 5.56. The van der Waals surface area contributed by atoms with Crippen LogP contribution in [-0.2, 0) is 17.6 Å². The number of nitrogens with zero attached hydrogens (tertiary/aromatic N) is 1. The molecule has 27 heavy (non-hydrogen) atoms. The van der Waals surface area contributed by atoms with Crippen LogP contribution in [-0.4, -0.2) is 23.3 Å². The van der Waals surface area contributed by atoms with Crippen molar-refractivity contribution in [2.45, 2.75) is 33.1 Å². The first kappa shape index (κ1) is 20.9. The molecule has 0 spiro atoms. The number of carbonyl (C=O) groups excluding carboxylic acids is 1. The van der Waals surface area contributed by atoms with Gasteiger partial charge in [0.2, 0.25) is 0 Å². The molecular formula is C19H21ClN3O3S-. The molecule has 6 nitrogen and oxygen atoms in total. The van der Waals surface area contributed by atoms with E-state index in [4.69, 9.17) is 28.2 Å². The number of aryl methyl sites for hydroxylation is 2. The van der Waals surface area contributed by atoms with Gasteiger partial charge in [-0.25, -0.2) is 0 Å². The van der Waals surface area contributed by atoms with Gasteiger partial charge in [-0.2, -0.15) is 5.10 Å². The minimum Gasteiger partial charge on any atom is -0.550 e. The maximum absolute atomic E-state index is 10.6. The Balaban J connectivity index is 1.82. The summed E-state index contributed by atoms with van der Waals surface area (Å²) in [6.07, 6.45) is 1.02. The minimum atomic E-state index is -1.10. The Morgan fingerprint density at radius 2 is 2.00 bits per heavy atom. The fourth-order valence-electron chi connectivity index (χ4n) is 2.46. The molecule has 1 heterocycles. The third kappa shape index (κ3) is 7.03. The molecule has 144 valence electrons. The first-order chi connectivity index (χ1) is 12.8. The Hall–Kier alpha value is -2.38. The predicted octanol–water partition coefficient (Wildman–Crippen LogP) is 2.35. The lowest BCUT2D eigenvalue weighted by Crippen LogP contribution is -2.34. The van der Waals surface area contributed by atoms with Crippen molar-refractivity contribution in [1.29, 1.82) is 0 Å². The first-order valence-electron chi connectivity index (χ1n) is 8.47. The van der Waals surface area contributed by atoms with Crippen LogP contribution in [0.4, 0.5) is 0 Å². The number of carboxylic acid groups (broad SMARTS) is 1. The van der Waals surface area contributed by atoms with E-state index in [9.17, 15) is 9.90 Å². The smallest absolute Gasteiger partial charge is 0.186 e. The lowest BCUT2D eigenvalue weighted by atomic mass is 10.1. The molecule has 0 fully saturated rings. The monoisotopic (exact) mass is 406 g/mol. The lowest BCUT2D eigenvalue weighted by Gasteiger charge is -2.08. The molecule has 2 aromatic rings. The van der Waals surface area contributed by atoms with Gasteiger partial charge in [0.1, 0.15) is 11.5 Å². The molecule has 1 aromatic heterocycles. The van der Waals surface area contributed by atoms with E-state index in [2.05, 4.69) is 15.8 Å². The average Bonchev–Trinajstić information content (AvgIpc) is 3.00. The maximum atomic E-state index is 10.6. The van der Waals surface area contributed by atoms with E-state index in [0.29, 0.717) is 33.9 Å². The number of carbonyl (C=O) groups is 1. The van der Waals surface area contributed by atoms with Crippen molar-refractivity contribution in [2.75, 3.05) is 6.54 Å². The molecule has 0 unspecified atom stereocenters. The molecule has 0 bridgehead atoms. The van der Waals surface area contributed by atoms with Gasteiger partial charge in [-0.15, -0.1) is 0 Å². The summed E-state index contributed by atoms with van der Waals surface area (Å²) in [5.74, 6) is 0.158. The standard InChI is InChI=1S/C19H22ClN3O3S/c1-12(17-11-16(26-13(17)2)7-8-18(24)25)22-23-19(27)21-10-9-14-3-5-15(20)6-4-14/h3-6,11H,7-10H2,1-2H3,(H,24,25)(H2,21,23,27)/p-1/b22-12-. The van der Waals surface area contributed by atoms with E-state index in [1.807, 2.05) is 31.2 Å². The number of benzene rings is 1. The second-order valence-electron chi connectivity index (χ2n) is 6.00. The number of furan rings is 1. The number of rotatable bonds is 8. The van der Waals surface area contributed by atoms with Gasteiger partial charge in [0.25, 0.3) is 0 Å². The van der Waals surface area contributed by atoms with Gasteiger partial charge in [-0.05, 0) is 62.7 Å². The van der Waals surface area contributed by atoms with Gasteiger partial charge in [0.05, 0.1) is 5.71 Å². The zero-order valence-electron chi connectivity index (χ0n) is 15.2. The van der Waals surface area contributed by atoms with Crippen LogP contribution < -0.4 is 15.8 Å². The maximum Gasteiger partial charge on any atom is 0.186 e. The molecule has 2 N–H and O–H groups in total. The summed E-state index contributed by atoms with van der Waals surface area (Å²) in [7, 11) is 0. The van der Waals surface area contributed by atoms with Crippen molar-refractivity contribution in [1.82, 2.24) is 10.7 Å². The number of aliphatic carboxylic acids is 1. The normalized spacial score (nSPS) is 11.3. The molecule has 0 aliphatic rings. The summed E-state index contributed by atoms with van der Waals surface area (Å²) in [5.41, 5.74) is 5.46. The Labute approximate surface area is 168 Å². The van der Waals surface area contributed by atoms with Crippen molar-refractivity contribution in [2.24, 2.45) is 5.10 Å². The third-order valence-corrected chi connectivity index (χ3v) is 4.36. The number of halogens is 1. The zero-order valence-corrected chi connectivity index (χ0v) is 16.7. The average molecular weight is 407 g/mol. The molecule has 0 atom stereocenters. The van der Waals surface area contributed by atoms with Crippen LogP contribution in [0.25, 0.3) is 0 Å². The third-order valence-electron chi connectivity index (χ3n) is 3.87. The zero-order chi connectivity index (χ0) is 19.8. The van der Waals surface area contributed by atoms with Crippen LogP contribution in [0.3, 0.4) is 0 Å². The van der Waals surface area contributed by atoms with E-state index >= 15 is 0 Å². The lowest BCUT2D eigenvalue weighted by molar-refractivity contribution is -0.305. The number of nitrogens with one attached hydrogen (secondary N) is 2. The Kier molecular flexibility index (Phi) is 7.82. The van der Waals surface area contributed by atoms with Crippen molar-refractivity contribution in [3.05, 3.63) is 58.0 Å². The second kappa shape index (κ2) is 10.1. The molecule has 0 radical (unpaired) electrons. The molecule has 8 heteroatoms. The van der Waals surface area contributed by atoms with Crippen LogP contribution in [0.5, 0.6) is 0 Å². The Morgan fingerprint density at radius 3 is 2.67 bits per heavy atom. The predicted molar refractivity (Wildman–Crippen MR) is 108 cm³/mol. The number of hydrogen-bond acceptors (Lipinski definition) is 5. The van der Waals surface area contributed by atoms with Gasteiger partial charge in [0.15, 0.2) is 5.11 Å². The highest BCUT2D eigenvalue weighted by Crippen LogP contribution is 2.17. The van der Waals surface area contributed by atoms with Crippen molar-refractivity contribution < 1.29 is 14.3 Å². The molecule has 0 aliphatic carbocycles. The summed E-state index contributed by atoms with van der Waals surface area (Å²) >= 11 is 11.1. The van der Waals surface area contributed by atoms with Gasteiger partial charge >= 0.3 is 0 Å². The van der Waals surface area contributed by atoms with Crippen LogP contribution in [0, 0.1) is 6.92 Å². The summed E-state index contributed by atoms with van der Waals surface area (Å²) in [5, 5.41) is 19.0. The van der Waals surface area contributed by atoms with E-state index < -0.39 is 5.97 Å². The fourth-order valence-corrected chi connectivity index (χ4v) is 2.73. The SMILES string of the molecule is C/C(=N/NC(=S)NCCc1ccc(Cl)cc1)c1cc(CCC(=O)[O-])oc1C. The molecule has 1 aromatic carbocycles. The largest absolute Gasteiger partial charge is 0.550 e. The number of hydrazone groups is 1. The van der Waals surface area contributed by atoms with Crippen molar-refractivity contribution >= 4 is 40.6 Å². The molecular weight excluding hydrogens is 386 g/mol. The Morgan fingerprint density at radius 1 is 1.30 bits per heavy atom. The Bertz CT molecular complexity index is 831. The van der Waals surface area contributed by atoms with Crippen LogP contribution in [0.15, 0.2) is 39.9 Å². The summed E-state index contributed by atoms with van der Waals surface area (Å²) in [6, 6.07) is 9.45. The van der Waals surface area contributed by atoms with Crippen molar-refractivity contribution in [3.63, 3.8) is 0 Å². The molecule has 2 rings (SSSR count). The molecule has 0 amide bonds. The van der Waals surface area contributed by atoms with Gasteiger partial charge in [-0.3, -0.25) is 5.43 Å².